The predicted molar refractivity (Wildman–Crippen MR) is 46.5 cm³/mol. The molecule has 0 amide bonds. The van der Waals surface area contributed by atoms with Crippen molar-refractivity contribution in [2.24, 2.45) is 0 Å². The Labute approximate surface area is 69.2 Å². The Morgan fingerprint density at radius 2 is 2.55 bits per heavy atom. The highest BCUT2D eigenvalue weighted by atomic mass is 32.1. The van der Waals surface area contributed by atoms with Gasteiger partial charge in [-0.25, -0.2) is 0 Å². The molecule has 0 saturated carbocycles. The first kappa shape index (κ1) is 6.85. The molecule has 1 aliphatic rings. The molecule has 0 radical (unpaired) electrons. The van der Waals surface area contributed by atoms with Crippen LogP contribution in [0.2, 0.25) is 0 Å². The molecule has 0 spiro atoms. The highest BCUT2D eigenvalue weighted by Crippen LogP contribution is 2.30. The summed E-state index contributed by atoms with van der Waals surface area (Å²) in [4.78, 5) is 11.2. The van der Waals surface area contributed by atoms with Gasteiger partial charge >= 0.3 is 0 Å². The van der Waals surface area contributed by atoms with Crippen LogP contribution in [0.5, 0.6) is 0 Å². The van der Waals surface area contributed by atoms with Crippen molar-refractivity contribution in [2.75, 3.05) is 11.9 Å². The fourth-order valence-corrected chi connectivity index (χ4v) is 2.28. The number of thiophene rings is 1. The van der Waals surface area contributed by atoms with E-state index in [2.05, 4.69) is 5.32 Å². The van der Waals surface area contributed by atoms with Gasteiger partial charge in [0.2, 0.25) is 0 Å². The monoisotopic (exact) mass is 167 g/mol. The highest BCUT2D eigenvalue weighted by molar-refractivity contribution is 7.17. The smallest absolute Gasteiger partial charge is 0.160 e. The third kappa shape index (κ3) is 1.16. The number of aryl methyl sites for hydroxylation is 1. The number of hydrogen-bond acceptors (Lipinski definition) is 3. The lowest BCUT2D eigenvalue weighted by atomic mass is 10.1. The zero-order valence-electron chi connectivity index (χ0n) is 6.09. The van der Waals surface area contributed by atoms with Crippen molar-refractivity contribution in [3.8, 4) is 0 Å². The zero-order chi connectivity index (χ0) is 7.68. The summed E-state index contributed by atoms with van der Waals surface area (Å²) in [5, 5.41) is 4.47. The molecule has 3 heteroatoms. The molecule has 0 bridgehead atoms. The predicted octanol–water partition coefficient (Wildman–Crippen LogP) is 1.92. The Morgan fingerprint density at radius 1 is 1.64 bits per heavy atom. The SMILES string of the molecule is O=Cc1cc2c(s1)NCCC2. The number of carbonyl (C=O) groups excluding carboxylic acids is 1. The summed E-state index contributed by atoms with van der Waals surface area (Å²) >= 11 is 1.56. The summed E-state index contributed by atoms with van der Waals surface area (Å²) < 4.78 is 0. The van der Waals surface area contributed by atoms with Crippen molar-refractivity contribution in [1.82, 2.24) is 0 Å². The molecule has 1 aliphatic heterocycles. The number of fused-ring (bicyclic) bond motifs is 1. The standard InChI is InChI=1S/C8H9NOS/c10-5-7-4-6-2-1-3-9-8(6)11-7/h4-5,9H,1-3H2. The van der Waals surface area contributed by atoms with E-state index in [-0.39, 0.29) is 0 Å². The van der Waals surface area contributed by atoms with Crippen LogP contribution in [0.3, 0.4) is 0 Å². The molecular weight excluding hydrogens is 158 g/mol. The molecular formula is C8H9NOS. The minimum absolute atomic E-state index is 0.837. The minimum Gasteiger partial charge on any atom is -0.377 e. The number of carbonyl (C=O) groups is 1. The summed E-state index contributed by atoms with van der Waals surface area (Å²) in [5.41, 5.74) is 1.31. The lowest BCUT2D eigenvalue weighted by molar-refractivity contribution is 0.112. The van der Waals surface area contributed by atoms with Gasteiger partial charge in [-0.2, -0.15) is 0 Å². The molecule has 0 unspecified atom stereocenters. The molecule has 58 valence electrons. The lowest BCUT2D eigenvalue weighted by Gasteiger charge is -2.11. The van der Waals surface area contributed by atoms with Gasteiger partial charge in [0.05, 0.1) is 9.88 Å². The van der Waals surface area contributed by atoms with E-state index in [1.165, 1.54) is 17.0 Å². The van der Waals surface area contributed by atoms with Crippen LogP contribution in [-0.4, -0.2) is 12.8 Å². The molecule has 2 nitrogen and oxygen atoms in total. The van der Waals surface area contributed by atoms with Gasteiger partial charge in [0.1, 0.15) is 0 Å². The first-order valence-electron chi connectivity index (χ1n) is 3.72. The Hall–Kier alpha value is -0.830. The summed E-state index contributed by atoms with van der Waals surface area (Å²) in [6.07, 6.45) is 3.22. The molecule has 1 N–H and O–H groups in total. The maximum atomic E-state index is 10.4. The van der Waals surface area contributed by atoms with Crippen molar-refractivity contribution in [3.63, 3.8) is 0 Å². The van der Waals surface area contributed by atoms with Crippen LogP contribution in [0.4, 0.5) is 5.00 Å². The van der Waals surface area contributed by atoms with Crippen LogP contribution < -0.4 is 5.32 Å². The molecule has 1 aromatic heterocycles. The Kier molecular flexibility index (Phi) is 1.66. The average Bonchev–Trinajstić information content (AvgIpc) is 2.46. The van der Waals surface area contributed by atoms with Gasteiger partial charge in [0, 0.05) is 6.54 Å². The van der Waals surface area contributed by atoms with Crippen LogP contribution >= 0.6 is 11.3 Å². The summed E-state index contributed by atoms with van der Waals surface area (Å²) in [5.74, 6) is 0. The van der Waals surface area contributed by atoms with Gasteiger partial charge in [-0.05, 0) is 24.5 Å². The topological polar surface area (TPSA) is 29.1 Å². The van der Waals surface area contributed by atoms with E-state index in [9.17, 15) is 4.79 Å². The van der Waals surface area contributed by atoms with Crippen molar-refractivity contribution in [3.05, 3.63) is 16.5 Å². The highest BCUT2D eigenvalue weighted by Gasteiger charge is 2.11. The van der Waals surface area contributed by atoms with Gasteiger partial charge in [0.15, 0.2) is 6.29 Å². The van der Waals surface area contributed by atoms with E-state index < -0.39 is 0 Å². The van der Waals surface area contributed by atoms with Crippen molar-refractivity contribution in [2.45, 2.75) is 12.8 Å². The third-order valence-corrected chi connectivity index (χ3v) is 2.91. The number of nitrogens with one attached hydrogen (secondary N) is 1. The fourth-order valence-electron chi connectivity index (χ4n) is 1.32. The van der Waals surface area contributed by atoms with Gasteiger partial charge in [0.25, 0.3) is 0 Å². The molecule has 2 rings (SSSR count). The number of aldehydes is 1. The van der Waals surface area contributed by atoms with E-state index in [0.717, 1.165) is 24.1 Å². The summed E-state index contributed by atoms with van der Waals surface area (Å²) in [6.45, 7) is 1.05. The first-order chi connectivity index (χ1) is 5.40. The molecule has 0 fully saturated rings. The Balaban J connectivity index is 2.39. The van der Waals surface area contributed by atoms with Crippen molar-refractivity contribution in [1.29, 1.82) is 0 Å². The molecule has 0 aromatic carbocycles. The second-order valence-corrected chi connectivity index (χ2v) is 3.74. The third-order valence-electron chi connectivity index (χ3n) is 1.85. The van der Waals surface area contributed by atoms with Crippen molar-refractivity contribution >= 4 is 22.6 Å². The molecule has 2 heterocycles. The van der Waals surface area contributed by atoms with Crippen LogP contribution in [-0.2, 0) is 6.42 Å². The number of rotatable bonds is 1. The average molecular weight is 167 g/mol. The second kappa shape index (κ2) is 2.66. The zero-order valence-corrected chi connectivity index (χ0v) is 6.91. The van der Waals surface area contributed by atoms with Crippen LogP contribution in [0.15, 0.2) is 6.07 Å². The van der Waals surface area contributed by atoms with E-state index in [4.69, 9.17) is 0 Å². The molecule has 0 saturated heterocycles. The molecule has 11 heavy (non-hydrogen) atoms. The maximum Gasteiger partial charge on any atom is 0.160 e. The summed E-state index contributed by atoms with van der Waals surface area (Å²) in [6, 6.07) is 1.99. The minimum atomic E-state index is 0.837. The van der Waals surface area contributed by atoms with Crippen molar-refractivity contribution < 1.29 is 4.79 Å². The van der Waals surface area contributed by atoms with Gasteiger partial charge < -0.3 is 5.32 Å². The van der Waals surface area contributed by atoms with E-state index in [1.54, 1.807) is 11.3 Å². The first-order valence-corrected chi connectivity index (χ1v) is 4.53. The van der Waals surface area contributed by atoms with E-state index in [0.29, 0.717) is 0 Å². The van der Waals surface area contributed by atoms with Crippen LogP contribution in [0, 0.1) is 0 Å². The largest absolute Gasteiger partial charge is 0.377 e. The van der Waals surface area contributed by atoms with E-state index >= 15 is 0 Å². The quantitative estimate of drug-likeness (QED) is 0.647. The summed E-state index contributed by atoms with van der Waals surface area (Å²) in [7, 11) is 0. The maximum absolute atomic E-state index is 10.4. The Bertz CT molecular complexity index is 256. The number of anilines is 1. The fraction of sp³-hybridized carbons (Fsp3) is 0.375. The molecule has 0 aliphatic carbocycles. The van der Waals surface area contributed by atoms with Gasteiger partial charge in [-0.15, -0.1) is 11.3 Å². The second-order valence-electron chi connectivity index (χ2n) is 2.65. The molecule has 0 atom stereocenters. The normalized spacial score (nSPS) is 15.3. The Morgan fingerprint density at radius 3 is 3.27 bits per heavy atom. The van der Waals surface area contributed by atoms with Crippen LogP contribution in [0.25, 0.3) is 0 Å². The van der Waals surface area contributed by atoms with Gasteiger partial charge in [-0.3, -0.25) is 4.79 Å². The lowest BCUT2D eigenvalue weighted by Crippen LogP contribution is -2.08. The van der Waals surface area contributed by atoms with Gasteiger partial charge in [-0.1, -0.05) is 0 Å². The van der Waals surface area contributed by atoms with E-state index in [1.807, 2.05) is 6.07 Å². The van der Waals surface area contributed by atoms with Crippen LogP contribution in [0.1, 0.15) is 21.7 Å². The molecule has 1 aromatic rings. The number of hydrogen-bond donors (Lipinski definition) is 1.